The minimum absolute atomic E-state index is 0.0214. The van der Waals surface area contributed by atoms with E-state index in [1.807, 2.05) is 0 Å². The smallest absolute Gasteiger partial charge is 0.416 e. The van der Waals surface area contributed by atoms with E-state index in [0.29, 0.717) is 5.69 Å². The number of pyridine rings is 1. The van der Waals surface area contributed by atoms with E-state index in [-0.39, 0.29) is 47.2 Å². The third-order valence-electron chi connectivity index (χ3n) is 7.38. The monoisotopic (exact) mass is 518 g/mol. The zero-order chi connectivity index (χ0) is 25.8. The molecule has 8 nitrogen and oxygen atoms in total. The van der Waals surface area contributed by atoms with Crippen LogP contribution in [0.15, 0.2) is 41.6 Å². The zero-order valence-corrected chi connectivity index (χ0v) is 19.8. The van der Waals surface area contributed by atoms with Gasteiger partial charge in [-0.25, -0.2) is 4.98 Å². The average Bonchev–Trinajstić information content (AvgIpc) is 3.12. The molecule has 2 aliphatic heterocycles. The second kappa shape index (κ2) is 7.00. The second-order valence-corrected chi connectivity index (χ2v) is 9.82. The van der Waals surface area contributed by atoms with Crippen LogP contribution in [0.5, 0.6) is 5.75 Å². The Kier molecular flexibility index (Phi) is 4.44. The summed E-state index contributed by atoms with van der Waals surface area (Å²) < 4.78 is 49.2. The summed E-state index contributed by atoms with van der Waals surface area (Å²) in [7, 11) is 0. The van der Waals surface area contributed by atoms with E-state index in [1.165, 1.54) is 34.9 Å². The summed E-state index contributed by atoms with van der Waals surface area (Å²) in [5, 5.41) is -0.246. The number of imidazole rings is 1. The highest BCUT2D eigenvalue weighted by Gasteiger charge is 2.83. The summed E-state index contributed by atoms with van der Waals surface area (Å²) >= 11 is 6.10. The van der Waals surface area contributed by atoms with Crippen LogP contribution in [0.2, 0.25) is 5.02 Å². The van der Waals surface area contributed by atoms with Gasteiger partial charge < -0.3 is 18.8 Å². The molecule has 1 amide bonds. The van der Waals surface area contributed by atoms with Crippen molar-refractivity contribution >= 4 is 23.3 Å². The van der Waals surface area contributed by atoms with E-state index < -0.39 is 34.4 Å². The van der Waals surface area contributed by atoms with Gasteiger partial charge in [-0.1, -0.05) is 11.6 Å². The molecule has 4 heterocycles. The number of carbonyl (C=O) groups is 2. The predicted octanol–water partition coefficient (Wildman–Crippen LogP) is 3.14. The molecular weight excluding hydrogens is 501 g/mol. The van der Waals surface area contributed by atoms with E-state index in [0.717, 1.165) is 17.8 Å². The Balaban J connectivity index is 1.37. The maximum Gasteiger partial charge on any atom is 0.416 e. The molecule has 0 spiro atoms. The number of ketones is 1. The van der Waals surface area contributed by atoms with Gasteiger partial charge >= 0.3 is 6.18 Å². The molecule has 3 aliphatic rings. The number of aryl methyl sites for hydroxylation is 1. The number of ether oxygens (including phenoxy) is 1. The highest BCUT2D eigenvalue weighted by atomic mass is 35.5. The predicted molar refractivity (Wildman–Crippen MR) is 121 cm³/mol. The summed E-state index contributed by atoms with van der Waals surface area (Å²) in [5.41, 5.74) is -3.07. The topological polar surface area (TPSA) is 86.4 Å². The molecule has 1 aliphatic carbocycles. The molecule has 0 bridgehead atoms. The van der Waals surface area contributed by atoms with Gasteiger partial charge in [0.2, 0.25) is 0 Å². The molecule has 1 saturated carbocycles. The number of fused-ring (bicyclic) bond motifs is 4. The van der Waals surface area contributed by atoms with Crippen molar-refractivity contribution in [1.82, 2.24) is 19.0 Å². The first kappa shape index (κ1) is 22.8. The van der Waals surface area contributed by atoms with E-state index in [2.05, 4.69) is 4.98 Å². The molecule has 0 N–H and O–H groups in total. The molecule has 0 unspecified atom stereocenters. The fourth-order valence-electron chi connectivity index (χ4n) is 5.38. The maximum absolute atomic E-state index is 13.5. The van der Waals surface area contributed by atoms with Gasteiger partial charge in [0.15, 0.2) is 11.4 Å². The lowest BCUT2D eigenvalue weighted by atomic mass is 9.90. The summed E-state index contributed by atoms with van der Waals surface area (Å²) in [6.07, 6.45) is -1.48. The Labute approximate surface area is 206 Å². The molecule has 0 saturated heterocycles. The Hall–Kier alpha value is -3.60. The van der Waals surface area contributed by atoms with Crippen molar-refractivity contribution in [2.75, 3.05) is 13.1 Å². The van der Waals surface area contributed by atoms with Crippen molar-refractivity contribution < 1.29 is 27.5 Å². The van der Waals surface area contributed by atoms with Gasteiger partial charge in [0.25, 0.3) is 11.5 Å². The minimum atomic E-state index is -4.68. The normalized spacial score (nSPS) is 24.3. The third-order valence-corrected chi connectivity index (χ3v) is 7.66. The van der Waals surface area contributed by atoms with E-state index >= 15 is 0 Å². The number of alkyl halides is 3. The van der Waals surface area contributed by atoms with Gasteiger partial charge in [-0.2, -0.15) is 13.2 Å². The van der Waals surface area contributed by atoms with Crippen molar-refractivity contribution in [2.45, 2.75) is 37.6 Å². The van der Waals surface area contributed by atoms with Crippen molar-refractivity contribution in [3.8, 4) is 11.4 Å². The van der Waals surface area contributed by atoms with Crippen LogP contribution in [0.25, 0.3) is 5.69 Å². The Bertz CT molecular complexity index is 1560. The molecule has 0 radical (unpaired) electrons. The number of rotatable bonds is 3. The number of aromatic nitrogens is 3. The van der Waals surface area contributed by atoms with Crippen LogP contribution >= 0.6 is 11.6 Å². The van der Waals surface area contributed by atoms with Crippen LogP contribution in [0.1, 0.15) is 34.2 Å². The van der Waals surface area contributed by atoms with Crippen molar-refractivity contribution in [3.63, 3.8) is 0 Å². The zero-order valence-electron chi connectivity index (χ0n) is 19.0. The first-order chi connectivity index (χ1) is 16.9. The highest BCUT2D eigenvalue weighted by Crippen LogP contribution is 2.65. The number of halogens is 4. The average molecular weight is 519 g/mol. The SMILES string of the molecule is Cc1cn(-c2ccc3n(c2=O)CCN(C[C@@]24C(=O)[C@]2(C)Oc2c(Cl)cc(C(F)(F)F)cc24)C3=O)cn1. The quantitative estimate of drug-likeness (QED) is 0.532. The van der Waals surface area contributed by atoms with Gasteiger partial charge in [-0.15, -0.1) is 0 Å². The Morgan fingerprint density at radius 1 is 1.17 bits per heavy atom. The van der Waals surface area contributed by atoms with Crippen LogP contribution in [0.4, 0.5) is 13.2 Å². The molecule has 36 heavy (non-hydrogen) atoms. The standard InChI is InChI=1S/C24H18ClF3N4O4/c1-12-9-31(11-29-12)16-3-4-17-19(33)30(5-6-32(17)20(16)34)10-23-14-7-13(24(26,27)28)8-15(25)18(14)36-22(23,2)21(23)35/h3-4,7-9,11H,5-6,10H2,1-2H3/t22-,23+/m0/s1. The molecule has 12 heteroatoms. The minimum Gasteiger partial charge on any atom is -0.476 e. The van der Waals surface area contributed by atoms with E-state index in [1.54, 1.807) is 17.7 Å². The molecule has 186 valence electrons. The van der Waals surface area contributed by atoms with Crippen molar-refractivity contribution in [3.05, 3.63) is 74.7 Å². The third kappa shape index (κ3) is 2.83. The Morgan fingerprint density at radius 2 is 1.92 bits per heavy atom. The maximum atomic E-state index is 13.5. The van der Waals surface area contributed by atoms with Gasteiger partial charge in [0, 0.05) is 31.4 Å². The molecule has 6 rings (SSSR count). The number of hydrogen-bond acceptors (Lipinski definition) is 5. The number of Topliss-reactive ketones (excluding diaryl/α,β-unsaturated/α-hetero) is 1. The van der Waals surface area contributed by atoms with Crippen LogP contribution in [0.3, 0.4) is 0 Å². The highest BCUT2D eigenvalue weighted by molar-refractivity contribution is 6.33. The van der Waals surface area contributed by atoms with Gasteiger partial charge in [0.1, 0.15) is 22.5 Å². The summed E-state index contributed by atoms with van der Waals surface area (Å²) in [6.45, 7) is 3.33. The number of benzene rings is 1. The first-order valence-corrected chi connectivity index (χ1v) is 11.5. The number of hydrogen-bond donors (Lipinski definition) is 0. The number of carbonyl (C=O) groups excluding carboxylic acids is 2. The molecule has 3 aromatic rings. The van der Waals surface area contributed by atoms with E-state index in [9.17, 15) is 27.6 Å². The van der Waals surface area contributed by atoms with Crippen LogP contribution < -0.4 is 10.3 Å². The summed E-state index contributed by atoms with van der Waals surface area (Å²) in [4.78, 5) is 45.0. The Morgan fingerprint density at radius 3 is 2.58 bits per heavy atom. The van der Waals surface area contributed by atoms with Gasteiger partial charge in [-0.3, -0.25) is 14.4 Å². The molecule has 2 aromatic heterocycles. The lowest BCUT2D eigenvalue weighted by molar-refractivity contribution is -0.137. The summed E-state index contributed by atoms with van der Waals surface area (Å²) in [5.74, 6) is -0.901. The fraction of sp³-hybridized carbons (Fsp3) is 0.333. The summed E-state index contributed by atoms with van der Waals surface area (Å²) in [6, 6.07) is 4.68. The van der Waals surface area contributed by atoms with Gasteiger partial charge in [-0.05, 0) is 38.1 Å². The van der Waals surface area contributed by atoms with Crippen LogP contribution in [-0.4, -0.2) is 49.4 Å². The number of amides is 1. The molecular formula is C24H18ClF3N4O4. The van der Waals surface area contributed by atoms with Crippen LogP contribution in [0, 0.1) is 6.92 Å². The van der Waals surface area contributed by atoms with Crippen LogP contribution in [-0.2, 0) is 22.9 Å². The fourth-order valence-corrected chi connectivity index (χ4v) is 5.64. The van der Waals surface area contributed by atoms with Crippen molar-refractivity contribution in [2.24, 2.45) is 0 Å². The lowest BCUT2D eigenvalue weighted by Crippen LogP contribution is -2.48. The molecule has 1 aromatic carbocycles. The molecule has 2 atom stereocenters. The van der Waals surface area contributed by atoms with Gasteiger partial charge in [0.05, 0.1) is 22.6 Å². The largest absolute Gasteiger partial charge is 0.476 e. The van der Waals surface area contributed by atoms with Crippen molar-refractivity contribution in [1.29, 1.82) is 0 Å². The molecule has 1 fully saturated rings. The van der Waals surface area contributed by atoms with E-state index in [4.69, 9.17) is 16.3 Å². The lowest BCUT2D eigenvalue weighted by Gasteiger charge is -2.32. The second-order valence-electron chi connectivity index (χ2n) is 9.41. The number of nitrogens with zero attached hydrogens (tertiary/aromatic N) is 4. The first-order valence-electron chi connectivity index (χ1n) is 11.1.